The third kappa shape index (κ3) is 5.33. The predicted molar refractivity (Wildman–Crippen MR) is 227 cm³/mol. The summed E-state index contributed by atoms with van der Waals surface area (Å²) in [5.74, 6) is 2.18. The maximum atomic E-state index is 5.24. The first-order valence-electron chi connectivity index (χ1n) is 18.9. The fourth-order valence-electron chi connectivity index (χ4n) is 8.54. The summed E-state index contributed by atoms with van der Waals surface area (Å²) in [4.78, 5) is 18.1. The van der Waals surface area contributed by atoms with Gasteiger partial charge in [0.05, 0.1) is 6.04 Å². The molecule has 1 aliphatic heterocycles. The van der Waals surface area contributed by atoms with Gasteiger partial charge < -0.3 is 4.90 Å². The average molecular weight is 703 g/mol. The van der Waals surface area contributed by atoms with Gasteiger partial charge in [0.15, 0.2) is 17.5 Å². The highest BCUT2D eigenvalue weighted by atomic mass is 15.2. The van der Waals surface area contributed by atoms with Crippen LogP contribution in [-0.4, -0.2) is 21.0 Å². The summed E-state index contributed by atoms with van der Waals surface area (Å²) in [5.41, 5.74) is 8.86. The van der Waals surface area contributed by atoms with Crippen molar-refractivity contribution in [3.63, 3.8) is 0 Å². The quantitative estimate of drug-likeness (QED) is 0.179. The van der Waals surface area contributed by atoms with Crippen LogP contribution in [0.15, 0.2) is 194 Å². The van der Waals surface area contributed by atoms with E-state index in [2.05, 4.69) is 181 Å². The second-order valence-electron chi connectivity index (χ2n) is 14.4. The zero-order chi connectivity index (χ0) is 36.3. The zero-order valence-corrected chi connectivity index (χ0v) is 29.9. The molecule has 1 aromatic heterocycles. The first-order valence-corrected chi connectivity index (χ1v) is 18.9. The van der Waals surface area contributed by atoms with E-state index < -0.39 is 0 Å². The minimum absolute atomic E-state index is 0.140. The fraction of sp³-hybridized carbons (Fsp3) is 0.0392. The van der Waals surface area contributed by atoms with Crippen molar-refractivity contribution in [2.45, 2.75) is 12.0 Å². The standard InChI is InChI=1S/C51H34N4/c1-2-15-35(16-3-1)49-52-50(54-51(53-49)43-23-12-20-34-14-8-9-21-41(34)43)40-27-28-47(44(31-40)39-26-25-33-13-4-5-17-36(33)29-39)55-46-24-11-10-22-42(46)45-30-37-18-6-7-19-38(37)32-48(45)55/h1-32,42,46H. The van der Waals surface area contributed by atoms with Gasteiger partial charge in [0.1, 0.15) is 0 Å². The molecular formula is C51H34N4. The molecule has 4 heteroatoms. The van der Waals surface area contributed by atoms with Gasteiger partial charge in [-0.1, -0.05) is 158 Å². The highest BCUT2D eigenvalue weighted by Crippen LogP contribution is 2.51. The van der Waals surface area contributed by atoms with Crippen LogP contribution in [0, 0.1) is 0 Å². The molecule has 0 amide bonds. The van der Waals surface area contributed by atoms with Crippen molar-refractivity contribution in [3.8, 4) is 45.3 Å². The monoisotopic (exact) mass is 702 g/mol. The molecular weight excluding hydrogens is 669 g/mol. The highest BCUT2D eigenvalue weighted by Gasteiger charge is 2.38. The molecule has 0 fully saturated rings. The van der Waals surface area contributed by atoms with Crippen LogP contribution in [0.1, 0.15) is 11.5 Å². The van der Waals surface area contributed by atoms with Crippen LogP contribution in [0.5, 0.6) is 0 Å². The SMILES string of the molecule is C1=CC2c3cc4ccccc4cc3N(c3ccc(-c4nc(-c5ccccc5)nc(-c5cccc6ccccc56)n4)cc3-c3ccc4ccccc4c3)C2C=C1. The summed E-state index contributed by atoms with van der Waals surface area (Å²) >= 11 is 0. The highest BCUT2D eigenvalue weighted by molar-refractivity contribution is 5.98. The summed E-state index contributed by atoms with van der Waals surface area (Å²) in [6.45, 7) is 0. The summed E-state index contributed by atoms with van der Waals surface area (Å²) in [7, 11) is 0. The molecule has 258 valence electrons. The molecule has 0 saturated heterocycles. The van der Waals surface area contributed by atoms with Crippen molar-refractivity contribution in [3.05, 3.63) is 200 Å². The maximum Gasteiger partial charge on any atom is 0.164 e. The van der Waals surface area contributed by atoms with E-state index in [1.807, 2.05) is 18.2 Å². The average Bonchev–Trinajstić information content (AvgIpc) is 3.58. The van der Waals surface area contributed by atoms with E-state index in [0.29, 0.717) is 17.5 Å². The maximum absolute atomic E-state index is 5.24. The minimum atomic E-state index is 0.140. The lowest BCUT2D eigenvalue weighted by Crippen LogP contribution is -2.29. The number of aromatic nitrogens is 3. The van der Waals surface area contributed by atoms with Gasteiger partial charge >= 0.3 is 0 Å². The topological polar surface area (TPSA) is 41.9 Å². The summed E-state index contributed by atoms with van der Waals surface area (Å²) in [6.07, 6.45) is 9.08. The Morgan fingerprint density at radius 2 is 1.02 bits per heavy atom. The van der Waals surface area contributed by atoms with Gasteiger partial charge in [-0.3, -0.25) is 0 Å². The van der Waals surface area contributed by atoms with E-state index >= 15 is 0 Å². The molecule has 0 saturated carbocycles. The van der Waals surface area contributed by atoms with Crippen LogP contribution in [0.2, 0.25) is 0 Å². The molecule has 0 bridgehead atoms. The number of benzene rings is 8. The molecule has 55 heavy (non-hydrogen) atoms. The van der Waals surface area contributed by atoms with Crippen LogP contribution in [0.3, 0.4) is 0 Å². The largest absolute Gasteiger partial charge is 0.333 e. The van der Waals surface area contributed by atoms with Crippen molar-refractivity contribution in [2.24, 2.45) is 0 Å². The first kappa shape index (κ1) is 31.4. The number of anilines is 2. The normalized spacial score (nSPS) is 15.8. The first-order chi connectivity index (χ1) is 27.2. The van der Waals surface area contributed by atoms with Crippen LogP contribution in [-0.2, 0) is 0 Å². The van der Waals surface area contributed by atoms with Gasteiger partial charge in [-0.05, 0) is 79.8 Å². The van der Waals surface area contributed by atoms with Crippen LogP contribution in [0.4, 0.5) is 11.4 Å². The van der Waals surface area contributed by atoms with Crippen LogP contribution >= 0.6 is 0 Å². The van der Waals surface area contributed by atoms with Gasteiger partial charge in [-0.25, -0.2) is 15.0 Å². The molecule has 9 aromatic rings. The van der Waals surface area contributed by atoms with Crippen molar-refractivity contribution >= 4 is 43.7 Å². The van der Waals surface area contributed by atoms with Gasteiger partial charge in [0.25, 0.3) is 0 Å². The zero-order valence-electron chi connectivity index (χ0n) is 29.9. The Hall–Kier alpha value is -7.17. The second-order valence-corrected chi connectivity index (χ2v) is 14.4. The molecule has 2 heterocycles. The Morgan fingerprint density at radius 3 is 1.85 bits per heavy atom. The van der Waals surface area contributed by atoms with E-state index in [1.54, 1.807) is 0 Å². The van der Waals surface area contributed by atoms with Gasteiger partial charge in [-0.15, -0.1) is 0 Å². The van der Waals surface area contributed by atoms with E-state index in [1.165, 1.54) is 32.8 Å². The van der Waals surface area contributed by atoms with Crippen LogP contribution in [0.25, 0.3) is 77.6 Å². The molecule has 1 aliphatic carbocycles. The van der Waals surface area contributed by atoms with Crippen LogP contribution < -0.4 is 4.90 Å². The van der Waals surface area contributed by atoms with Crippen molar-refractivity contribution in [1.82, 2.24) is 15.0 Å². The molecule has 2 atom stereocenters. The lowest BCUT2D eigenvalue weighted by atomic mass is 9.90. The molecule has 11 rings (SSSR count). The van der Waals surface area contributed by atoms with E-state index in [0.717, 1.165) is 44.3 Å². The smallest absolute Gasteiger partial charge is 0.164 e. The van der Waals surface area contributed by atoms with E-state index in [9.17, 15) is 0 Å². The molecule has 4 nitrogen and oxygen atoms in total. The Bertz CT molecular complexity index is 3010. The fourth-order valence-corrected chi connectivity index (χ4v) is 8.54. The molecule has 8 aromatic carbocycles. The number of hydrogen-bond acceptors (Lipinski definition) is 4. The third-order valence-corrected chi connectivity index (χ3v) is 11.2. The summed E-state index contributed by atoms with van der Waals surface area (Å²) in [5, 5.41) is 7.18. The molecule has 0 N–H and O–H groups in total. The lowest BCUT2D eigenvalue weighted by molar-refractivity contribution is 0.745. The molecule has 0 radical (unpaired) electrons. The van der Waals surface area contributed by atoms with Gasteiger partial charge in [0.2, 0.25) is 0 Å². The molecule has 0 spiro atoms. The van der Waals surface area contributed by atoms with Gasteiger partial charge in [-0.2, -0.15) is 0 Å². The number of fused-ring (bicyclic) bond motifs is 6. The molecule has 2 aliphatic rings. The Kier molecular flexibility index (Phi) is 7.27. The lowest BCUT2D eigenvalue weighted by Gasteiger charge is -2.31. The van der Waals surface area contributed by atoms with E-state index in [4.69, 9.17) is 15.0 Å². The number of nitrogens with zero attached hydrogens (tertiary/aromatic N) is 4. The number of allylic oxidation sites excluding steroid dienone is 2. The van der Waals surface area contributed by atoms with Crippen molar-refractivity contribution in [2.75, 3.05) is 4.90 Å². The third-order valence-electron chi connectivity index (χ3n) is 11.2. The van der Waals surface area contributed by atoms with Gasteiger partial charge in [0, 0.05) is 39.5 Å². The van der Waals surface area contributed by atoms with Crippen molar-refractivity contribution in [1.29, 1.82) is 0 Å². The Morgan fingerprint density at radius 1 is 0.382 bits per heavy atom. The Labute approximate surface area is 319 Å². The summed E-state index contributed by atoms with van der Waals surface area (Å²) < 4.78 is 0. The predicted octanol–water partition coefficient (Wildman–Crippen LogP) is 12.7. The second kappa shape index (κ2) is 12.8. The number of rotatable bonds is 5. The Balaban J connectivity index is 1.15. The molecule has 2 unspecified atom stereocenters. The minimum Gasteiger partial charge on any atom is -0.333 e. The van der Waals surface area contributed by atoms with Crippen molar-refractivity contribution < 1.29 is 0 Å². The number of hydrogen-bond donors (Lipinski definition) is 0. The van der Waals surface area contributed by atoms with E-state index in [-0.39, 0.29) is 12.0 Å². The summed E-state index contributed by atoms with van der Waals surface area (Å²) in [6, 6.07) is 60.6.